The van der Waals surface area contributed by atoms with E-state index in [0.717, 1.165) is 19.4 Å². The molecule has 1 atom stereocenters. The maximum absolute atomic E-state index is 13.3. The van der Waals surface area contributed by atoms with Crippen LogP contribution in [0.25, 0.3) is 0 Å². The molecule has 0 bridgehead atoms. The lowest BCUT2D eigenvalue weighted by Crippen LogP contribution is -2.37. The Labute approximate surface area is 100 Å². The van der Waals surface area contributed by atoms with Crippen LogP contribution in [0.5, 0.6) is 0 Å². The molecule has 0 spiro atoms. The van der Waals surface area contributed by atoms with Crippen molar-refractivity contribution in [2.24, 2.45) is 0 Å². The monoisotopic (exact) mass is 236 g/mol. The van der Waals surface area contributed by atoms with E-state index in [1.165, 1.54) is 6.07 Å². The molecule has 1 aliphatic rings. The van der Waals surface area contributed by atoms with Crippen LogP contribution in [-0.2, 0) is 11.2 Å². The SMILES string of the molecule is O=C(Cc1ccccc1F)NCC1CCCN1. The Bertz CT molecular complexity index is 389. The summed E-state index contributed by atoms with van der Waals surface area (Å²) in [6.45, 7) is 1.65. The Kier molecular flexibility index (Phi) is 4.09. The largest absolute Gasteiger partial charge is 0.354 e. The van der Waals surface area contributed by atoms with Crippen molar-refractivity contribution in [3.05, 3.63) is 35.6 Å². The lowest BCUT2D eigenvalue weighted by Gasteiger charge is -2.11. The highest BCUT2D eigenvalue weighted by Crippen LogP contribution is 2.07. The lowest BCUT2D eigenvalue weighted by atomic mass is 10.1. The molecule has 1 aromatic rings. The van der Waals surface area contributed by atoms with Crippen LogP contribution < -0.4 is 10.6 Å². The Morgan fingerprint density at radius 3 is 3.00 bits per heavy atom. The van der Waals surface area contributed by atoms with Crippen LogP contribution in [0.15, 0.2) is 24.3 Å². The van der Waals surface area contributed by atoms with Gasteiger partial charge in [-0.2, -0.15) is 0 Å². The van der Waals surface area contributed by atoms with Gasteiger partial charge < -0.3 is 10.6 Å². The summed E-state index contributed by atoms with van der Waals surface area (Å²) in [5, 5.41) is 6.13. The van der Waals surface area contributed by atoms with Crippen LogP contribution in [0.4, 0.5) is 4.39 Å². The first-order chi connectivity index (χ1) is 8.25. The molecule has 0 aliphatic carbocycles. The van der Waals surface area contributed by atoms with Gasteiger partial charge in [-0.05, 0) is 31.0 Å². The number of carbonyl (C=O) groups is 1. The van der Waals surface area contributed by atoms with E-state index in [9.17, 15) is 9.18 Å². The van der Waals surface area contributed by atoms with E-state index in [0.29, 0.717) is 18.2 Å². The molecule has 2 rings (SSSR count). The first kappa shape index (κ1) is 12.0. The minimum atomic E-state index is -0.318. The summed E-state index contributed by atoms with van der Waals surface area (Å²) in [7, 11) is 0. The number of amides is 1. The zero-order chi connectivity index (χ0) is 12.1. The van der Waals surface area contributed by atoms with Gasteiger partial charge in [-0.15, -0.1) is 0 Å². The number of nitrogens with one attached hydrogen (secondary N) is 2. The molecule has 1 heterocycles. The molecule has 92 valence electrons. The van der Waals surface area contributed by atoms with Crippen LogP contribution in [0.3, 0.4) is 0 Å². The standard InChI is InChI=1S/C13H17FN2O/c14-12-6-2-1-4-10(12)8-13(17)16-9-11-5-3-7-15-11/h1-2,4,6,11,15H,3,5,7-9H2,(H,16,17). The molecule has 1 fully saturated rings. The number of hydrogen-bond acceptors (Lipinski definition) is 2. The second-order valence-corrected chi connectivity index (χ2v) is 4.37. The first-order valence-corrected chi connectivity index (χ1v) is 5.99. The number of carbonyl (C=O) groups excluding carboxylic acids is 1. The topological polar surface area (TPSA) is 41.1 Å². The Balaban J connectivity index is 1.79. The summed E-state index contributed by atoms with van der Waals surface area (Å²) in [5.41, 5.74) is 0.449. The summed E-state index contributed by atoms with van der Waals surface area (Å²) >= 11 is 0. The Hall–Kier alpha value is -1.42. The van der Waals surface area contributed by atoms with Gasteiger partial charge in [0.15, 0.2) is 0 Å². The van der Waals surface area contributed by atoms with Crippen LogP contribution in [0.1, 0.15) is 18.4 Å². The van der Waals surface area contributed by atoms with Gasteiger partial charge in [0.1, 0.15) is 5.82 Å². The van der Waals surface area contributed by atoms with E-state index in [2.05, 4.69) is 10.6 Å². The highest BCUT2D eigenvalue weighted by Gasteiger charge is 2.15. The molecule has 0 saturated carbocycles. The van der Waals surface area contributed by atoms with E-state index in [1.807, 2.05) is 0 Å². The summed E-state index contributed by atoms with van der Waals surface area (Å²) in [6, 6.07) is 6.76. The van der Waals surface area contributed by atoms with Crippen LogP contribution in [0, 0.1) is 5.82 Å². The van der Waals surface area contributed by atoms with E-state index in [1.54, 1.807) is 18.2 Å². The van der Waals surface area contributed by atoms with Gasteiger partial charge >= 0.3 is 0 Å². The van der Waals surface area contributed by atoms with Gasteiger partial charge in [0.05, 0.1) is 6.42 Å². The minimum absolute atomic E-state index is 0.111. The number of hydrogen-bond donors (Lipinski definition) is 2. The van der Waals surface area contributed by atoms with Crippen LogP contribution in [0.2, 0.25) is 0 Å². The fourth-order valence-corrected chi connectivity index (χ4v) is 2.05. The fraction of sp³-hybridized carbons (Fsp3) is 0.462. The summed E-state index contributed by atoms with van der Waals surface area (Å²) in [5.74, 6) is -0.439. The van der Waals surface area contributed by atoms with E-state index in [4.69, 9.17) is 0 Å². The molecule has 4 heteroatoms. The molecule has 1 aliphatic heterocycles. The third kappa shape index (κ3) is 3.53. The highest BCUT2D eigenvalue weighted by molar-refractivity contribution is 5.78. The van der Waals surface area contributed by atoms with Crippen molar-refractivity contribution < 1.29 is 9.18 Å². The molecule has 0 aromatic heterocycles. The first-order valence-electron chi connectivity index (χ1n) is 5.99. The predicted molar refractivity (Wildman–Crippen MR) is 64.1 cm³/mol. The van der Waals surface area contributed by atoms with Gasteiger partial charge in [0.25, 0.3) is 0 Å². The average molecular weight is 236 g/mol. The van der Waals surface area contributed by atoms with Crippen molar-refractivity contribution >= 4 is 5.91 Å². The summed E-state index contributed by atoms with van der Waals surface area (Å²) in [4.78, 5) is 11.6. The van der Waals surface area contributed by atoms with Gasteiger partial charge in [0.2, 0.25) is 5.91 Å². The van der Waals surface area contributed by atoms with E-state index in [-0.39, 0.29) is 18.1 Å². The summed E-state index contributed by atoms with van der Waals surface area (Å²) < 4.78 is 13.3. The van der Waals surface area contributed by atoms with Crippen LogP contribution >= 0.6 is 0 Å². The van der Waals surface area contributed by atoms with Gasteiger partial charge in [-0.25, -0.2) is 4.39 Å². The van der Waals surface area contributed by atoms with Crippen molar-refractivity contribution in [2.75, 3.05) is 13.1 Å². The smallest absolute Gasteiger partial charge is 0.224 e. The molecule has 1 saturated heterocycles. The Morgan fingerprint density at radius 1 is 1.47 bits per heavy atom. The van der Waals surface area contributed by atoms with Gasteiger partial charge in [-0.3, -0.25) is 4.79 Å². The molecule has 3 nitrogen and oxygen atoms in total. The van der Waals surface area contributed by atoms with Gasteiger partial charge in [-0.1, -0.05) is 18.2 Å². The molecule has 1 amide bonds. The summed E-state index contributed by atoms with van der Waals surface area (Å²) in [6.07, 6.45) is 2.37. The third-order valence-electron chi connectivity index (χ3n) is 3.02. The zero-order valence-corrected chi connectivity index (χ0v) is 9.71. The van der Waals surface area contributed by atoms with E-state index < -0.39 is 0 Å². The molecule has 0 radical (unpaired) electrons. The van der Waals surface area contributed by atoms with Crippen molar-refractivity contribution in [3.8, 4) is 0 Å². The van der Waals surface area contributed by atoms with Crippen molar-refractivity contribution in [1.82, 2.24) is 10.6 Å². The van der Waals surface area contributed by atoms with Crippen LogP contribution in [-0.4, -0.2) is 25.0 Å². The highest BCUT2D eigenvalue weighted by atomic mass is 19.1. The molecule has 1 aromatic carbocycles. The fourth-order valence-electron chi connectivity index (χ4n) is 2.05. The quantitative estimate of drug-likeness (QED) is 0.825. The maximum Gasteiger partial charge on any atom is 0.224 e. The minimum Gasteiger partial charge on any atom is -0.354 e. The molecule has 17 heavy (non-hydrogen) atoms. The second-order valence-electron chi connectivity index (χ2n) is 4.37. The zero-order valence-electron chi connectivity index (χ0n) is 9.71. The normalized spacial score (nSPS) is 19.2. The predicted octanol–water partition coefficient (Wildman–Crippen LogP) is 1.24. The van der Waals surface area contributed by atoms with Crippen molar-refractivity contribution in [3.63, 3.8) is 0 Å². The average Bonchev–Trinajstić information content (AvgIpc) is 2.82. The molecular formula is C13H17FN2O. The maximum atomic E-state index is 13.3. The van der Waals surface area contributed by atoms with E-state index >= 15 is 0 Å². The number of benzene rings is 1. The molecular weight excluding hydrogens is 219 g/mol. The number of rotatable bonds is 4. The molecule has 1 unspecified atom stereocenters. The van der Waals surface area contributed by atoms with Gasteiger partial charge in [0, 0.05) is 12.6 Å². The molecule has 2 N–H and O–H groups in total. The number of halogens is 1. The lowest BCUT2D eigenvalue weighted by molar-refractivity contribution is -0.120. The second kappa shape index (κ2) is 5.77. The van der Waals surface area contributed by atoms with Crippen molar-refractivity contribution in [2.45, 2.75) is 25.3 Å². The Morgan fingerprint density at radius 2 is 2.29 bits per heavy atom. The van der Waals surface area contributed by atoms with Crippen molar-refractivity contribution in [1.29, 1.82) is 0 Å². The third-order valence-corrected chi connectivity index (χ3v) is 3.02.